The van der Waals surface area contributed by atoms with Crippen LogP contribution in [0.3, 0.4) is 0 Å². The predicted octanol–water partition coefficient (Wildman–Crippen LogP) is 0.634. The van der Waals surface area contributed by atoms with Gasteiger partial charge in [-0.15, -0.1) is 0 Å². The average Bonchev–Trinajstić information content (AvgIpc) is 3.02. The number of fused-ring (bicyclic) bond motifs is 1. The van der Waals surface area contributed by atoms with E-state index in [1.54, 1.807) is 6.07 Å². The number of carbonyl (C=O) groups is 5. The van der Waals surface area contributed by atoms with Crippen LogP contribution in [0.4, 0.5) is 5.69 Å². The second-order valence-corrected chi connectivity index (χ2v) is 7.06. The molecule has 2 aliphatic rings. The quantitative estimate of drug-likeness (QED) is 0.420. The van der Waals surface area contributed by atoms with Gasteiger partial charge in [0.25, 0.3) is 17.7 Å². The van der Waals surface area contributed by atoms with E-state index < -0.39 is 35.6 Å². The van der Waals surface area contributed by atoms with Gasteiger partial charge in [-0.25, -0.2) is 4.79 Å². The van der Waals surface area contributed by atoms with Gasteiger partial charge >= 0.3 is 5.97 Å². The molecule has 1 aromatic heterocycles. The summed E-state index contributed by atoms with van der Waals surface area (Å²) >= 11 is 0. The summed E-state index contributed by atoms with van der Waals surface area (Å²) in [5.41, 5.74) is 6.47. The Kier molecular flexibility index (Phi) is 5.20. The third-order valence-electron chi connectivity index (χ3n) is 5.24. The number of carbonyl (C=O) groups excluding carboxylic acids is 5. The molecular formula is C21H18N4O6. The number of imide groups is 2. The van der Waals surface area contributed by atoms with Crippen molar-refractivity contribution in [3.8, 4) is 0 Å². The molecule has 10 nitrogen and oxygen atoms in total. The molecule has 0 saturated carbocycles. The zero-order valence-electron chi connectivity index (χ0n) is 16.3. The van der Waals surface area contributed by atoms with Gasteiger partial charge < -0.3 is 10.5 Å². The summed E-state index contributed by atoms with van der Waals surface area (Å²) in [7, 11) is 0. The molecule has 1 unspecified atom stereocenters. The van der Waals surface area contributed by atoms with E-state index in [1.807, 2.05) is 0 Å². The number of ether oxygens (including phenoxy) is 1. The maximum atomic E-state index is 13.0. The zero-order chi connectivity index (χ0) is 22.1. The number of pyridine rings is 1. The number of rotatable bonds is 5. The van der Waals surface area contributed by atoms with E-state index in [1.165, 1.54) is 36.7 Å². The minimum Gasteiger partial charge on any atom is -0.460 e. The van der Waals surface area contributed by atoms with Gasteiger partial charge in [0.15, 0.2) is 0 Å². The van der Waals surface area contributed by atoms with Crippen molar-refractivity contribution >= 4 is 35.3 Å². The van der Waals surface area contributed by atoms with Gasteiger partial charge in [0.2, 0.25) is 5.91 Å². The highest BCUT2D eigenvalue weighted by atomic mass is 16.5. The van der Waals surface area contributed by atoms with Crippen LogP contribution in [0.25, 0.3) is 0 Å². The normalized spacial score (nSPS) is 18.4. The van der Waals surface area contributed by atoms with E-state index in [9.17, 15) is 24.0 Å². The summed E-state index contributed by atoms with van der Waals surface area (Å²) in [4.78, 5) is 68.5. The molecule has 4 amide bonds. The van der Waals surface area contributed by atoms with Crippen molar-refractivity contribution in [2.45, 2.75) is 18.9 Å². The molecule has 1 atom stereocenters. The highest BCUT2D eigenvalue weighted by Crippen LogP contribution is 2.32. The topological polar surface area (TPSA) is 140 Å². The second-order valence-electron chi connectivity index (χ2n) is 7.06. The van der Waals surface area contributed by atoms with Crippen LogP contribution in [-0.4, -0.2) is 63.6 Å². The molecule has 2 aromatic rings. The molecule has 158 valence electrons. The number of nitrogen functional groups attached to an aromatic ring is 1. The SMILES string of the molecule is Nc1cccc2c1C(=O)N(C1CCC(=O)N(CCOC(=O)c3ccncc3)C1=O)C2=O. The number of hydrogen-bond acceptors (Lipinski definition) is 8. The third-order valence-corrected chi connectivity index (χ3v) is 5.24. The van der Waals surface area contributed by atoms with Crippen LogP contribution in [-0.2, 0) is 14.3 Å². The first kappa shape index (κ1) is 20.2. The van der Waals surface area contributed by atoms with Crippen molar-refractivity contribution in [3.05, 3.63) is 59.4 Å². The fourth-order valence-corrected chi connectivity index (χ4v) is 3.71. The van der Waals surface area contributed by atoms with Crippen molar-refractivity contribution < 1.29 is 28.7 Å². The molecule has 0 bridgehead atoms. The fourth-order valence-electron chi connectivity index (χ4n) is 3.71. The summed E-state index contributed by atoms with van der Waals surface area (Å²) in [5, 5.41) is 0. The summed E-state index contributed by atoms with van der Waals surface area (Å²) < 4.78 is 5.12. The van der Waals surface area contributed by atoms with E-state index in [4.69, 9.17) is 10.5 Å². The molecule has 3 heterocycles. The number of nitrogens with two attached hydrogens (primary N) is 1. The smallest absolute Gasteiger partial charge is 0.338 e. The Hall–Kier alpha value is -4.08. The van der Waals surface area contributed by atoms with Crippen LogP contribution in [0, 0.1) is 0 Å². The lowest BCUT2D eigenvalue weighted by Gasteiger charge is -2.34. The Morgan fingerprint density at radius 2 is 1.84 bits per heavy atom. The van der Waals surface area contributed by atoms with Crippen LogP contribution in [0.2, 0.25) is 0 Å². The minimum absolute atomic E-state index is 0.0241. The van der Waals surface area contributed by atoms with E-state index in [-0.39, 0.29) is 48.4 Å². The maximum absolute atomic E-state index is 13.0. The zero-order valence-corrected chi connectivity index (χ0v) is 16.3. The molecule has 1 aromatic carbocycles. The summed E-state index contributed by atoms with van der Waals surface area (Å²) in [6, 6.07) is 6.36. The Morgan fingerprint density at radius 3 is 2.55 bits per heavy atom. The monoisotopic (exact) mass is 422 g/mol. The molecule has 0 radical (unpaired) electrons. The highest BCUT2D eigenvalue weighted by Gasteiger charge is 2.47. The molecule has 2 N–H and O–H groups in total. The Balaban J connectivity index is 1.46. The minimum atomic E-state index is -1.12. The van der Waals surface area contributed by atoms with Crippen molar-refractivity contribution in [2.24, 2.45) is 0 Å². The Labute approximate surface area is 176 Å². The van der Waals surface area contributed by atoms with Gasteiger partial charge in [-0.1, -0.05) is 6.07 Å². The lowest BCUT2D eigenvalue weighted by Crippen LogP contribution is -2.56. The van der Waals surface area contributed by atoms with E-state index in [2.05, 4.69) is 4.98 Å². The molecule has 1 saturated heterocycles. The summed E-state index contributed by atoms with van der Waals surface area (Å²) in [6.45, 7) is -0.406. The van der Waals surface area contributed by atoms with Crippen LogP contribution >= 0.6 is 0 Å². The largest absolute Gasteiger partial charge is 0.460 e. The van der Waals surface area contributed by atoms with Crippen molar-refractivity contribution in [2.75, 3.05) is 18.9 Å². The predicted molar refractivity (Wildman–Crippen MR) is 106 cm³/mol. The first-order valence-electron chi connectivity index (χ1n) is 9.58. The number of aromatic nitrogens is 1. The lowest BCUT2D eigenvalue weighted by atomic mass is 10.0. The Morgan fingerprint density at radius 1 is 1.10 bits per heavy atom. The first-order valence-corrected chi connectivity index (χ1v) is 9.58. The van der Waals surface area contributed by atoms with Gasteiger partial charge in [-0.05, 0) is 30.7 Å². The number of piperidine rings is 1. The fraction of sp³-hybridized carbons (Fsp3) is 0.238. The average molecular weight is 422 g/mol. The van der Waals surface area contributed by atoms with E-state index in [0.717, 1.165) is 9.80 Å². The molecule has 31 heavy (non-hydrogen) atoms. The number of nitrogens with zero attached hydrogens (tertiary/aromatic N) is 3. The second kappa shape index (κ2) is 7.98. The van der Waals surface area contributed by atoms with Crippen LogP contribution in [0.15, 0.2) is 42.7 Å². The standard InChI is InChI=1S/C21H18N4O6/c22-14-3-1-2-13-17(14)20(29)25(18(13)27)15-4-5-16(26)24(19(15)28)10-11-31-21(30)12-6-8-23-9-7-12/h1-3,6-9,15H,4-5,10-11,22H2. The number of hydrogen-bond donors (Lipinski definition) is 1. The number of esters is 1. The molecule has 1 fully saturated rings. The van der Waals surface area contributed by atoms with Crippen molar-refractivity contribution in [1.82, 2.24) is 14.8 Å². The van der Waals surface area contributed by atoms with Crippen LogP contribution in [0.5, 0.6) is 0 Å². The summed E-state index contributed by atoms with van der Waals surface area (Å²) in [6.07, 6.45) is 2.87. The van der Waals surface area contributed by atoms with Crippen LogP contribution < -0.4 is 5.73 Å². The molecule has 0 spiro atoms. The highest BCUT2D eigenvalue weighted by molar-refractivity contribution is 6.25. The van der Waals surface area contributed by atoms with Crippen LogP contribution in [0.1, 0.15) is 43.9 Å². The van der Waals surface area contributed by atoms with Gasteiger partial charge in [0.05, 0.1) is 23.2 Å². The lowest BCUT2D eigenvalue weighted by molar-refractivity contribution is -0.152. The van der Waals surface area contributed by atoms with Gasteiger partial charge in [0.1, 0.15) is 12.6 Å². The van der Waals surface area contributed by atoms with Crippen molar-refractivity contribution in [1.29, 1.82) is 0 Å². The number of likely N-dealkylation sites (tertiary alicyclic amines) is 1. The summed E-state index contributed by atoms with van der Waals surface area (Å²) in [5.74, 6) is -3.05. The number of benzene rings is 1. The number of amides is 4. The number of anilines is 1. The molecule has 0 aliphatic carbocycles. The van der Waals surface area contributed by atoms with Gasteiger partial charge in [-0.2, -0.15) is 0 Å². The Bertz CT molecular complexity index is 1100. The molecule has 2 aliphatic heterocycles. The van der Waals surface area contributed by atoms with Gasteiger partial charge in [0, 0.05) is 24.5 Å². The maximum Gasteiger partial charge on any atom is 0.338 e. The third kappa shape index (κ3) is 3.52. The van der Waals surface area contributed by atoms with Gasteiger partial charge in [-0.3, -0.25) is 34.0 Å². The first-order chi connectivity index (χ1) is 14.9. The molecule has 10 heteroatoms. The van der Waals surface area contributed by atoms with E-state index in [0.29, 0.717) is 0 Å². The molecule has 4 rings (SSSR count). The van der Waals surface area contributed by atoms with Crippen molar-refractivity contribution in [3.63, 3.8) is 0 Å². The van der Waals surface area contributed by atoms with E-state index >= 15 is 0 Å². The molecular weight excluding hydrogens is 404 g/mol.